The molecule has 14 aromatic rings. The molecule has 0 bridgehead atoms. The Kier molecular flexibility index (Phi) is 6.71. The molecule has 0 aliphatic rings. The summed E-state index contributed by atoms with van der Waals surface area (Å²) in [7, 11) is 0. The van der Waals surface area contributed by atoms with Crippen molar-refractivity contribution in [3.8, 4) is 34.4 Å². The molecule has 0 atom stereocenters. The van der Waals surface area contributed by atoms with Crippen LogP contribution in [0.25, 0.3) is 133 Å². The summed E-state index contributed by atoms with van der Waals surface area (Å²) in [6, 6.07) is 65.6. The van der Waals surface area contributed by atoms with Crippen LogP contribution in [0.4, 0.5) is 0 Å². The lowest BCUT2D eigenvalue weighted by Gasteiger charge is -2.13. The van der Waals surface area contributed by atoms with Gasteiger partial charge < -0.3 is 13.4 Å². The molecule has 62 heavy (non-hydrogen) atoms. The molecule has 0 saturated heterocycles. The van der Waals surface area contributed by atoms with Crippen molar-refractivity contribution in [2.45, 2.75) is 0 Å². The van der Waals surface area contributed by atoms with Gasteiger partial charge in [0.25, 0.3) is 0 Å². The van der Waals surface area contributed by atoms with Gasteiger partial charge in [0.15, 0.2) is 11.6 Å². The first-order valence-electron chi connectivity index (χ1n) is 20.8. The second kappa shape index (κ2) is 12.5. The zero-order valence-electron chi connectivity index (χ0n) is 33.0. The Morgan fingerprint density at radius 3 is 1.50 bits per heavy atom. The van der Waals surface area contributed by atoms with E-state index < -0.39 is 0 Å². The molecule has 5 aromatic heterocycles. The number of aromatic nitrogens is 5. The fraction of sp³-hybridized carbons (Fsp3) is 0. The van der Waals surface area contributed by atoms with Crippen LogP contribution >= 0.6 is 0 Å². The molecule has 0 saturated carbocycles. The number of hydrogen-bond acceptors (Lipinski definition) is 5. The Morgan fingerprint density at radius 2 is 0.823 bits per heavy atom. The quantitative estimate of drug-likeness (QED) is 0.177. The molecule has 0 aliphatic carbocycles. The van der Waals surface area contributed by atoms with Crippen molar-refractivity contribution in [1.82, 2.24) is 24.1 Å². The van der Waals surface area contributed by atoms with Crippen molar-refractivity contribution in [1.29, 1.82) is 0 Å². The van der Waals surface area contributed by atoms with E-state index in [9.17, 15) is 0 Å². The van der Waals surface area contributed by atoms with Crippen molar-refractivity contribution in [3.05, 3.63) is 188 Å². The van der Waals surface area contributed by atoms with Gasteiger partial charge in [0.1, 0.15) is 22.3 Å². The normalized spacial score (nSPS) is 12.2. The molecule has 9 aromatic carbocycles. The highest BCUT2D eigenvalue weighted by Gasteiger charge is 2.24. The van der Waals surface area contributed by atoms with Crippen LogP contribution in [-0.4, -0.2) is 24.1 Å². The summed E-state index contributed by atoms with van der Waals surface area (Å²) in [4.78, 5) is 16.2. The predicted octanol–water partition coefficient (Wildman–Crippen LogP) is 14.4. The summed E-state index contributed by atoms with van der Waals surface area (Å²) in [5.74, 6) is 1.47. The fourth-order valence-electron chi connectivity index (χ4n) is 9.81. The molecule has 0 spiro atoms. The minimum atomic E-state index is 0.483. The third-order valence-electron chi connectivity index (χ3n) is 12.6. The second-order valence-electron chi connectivity index (χ2n) is 16.0. The number of rotatable bonds is 4. The van der Waals surface area contributed by atoms with Gasteiger partial charge in [-0.15, -0.1) is 0 Å². The summed E-state index contributed by atoms with van der Waals surface area (Å²) in [5.41, 5.74) is 9.74. The number of nitrogens with zero attached hydrogens (tertiary/aromatic N) is 5. The first-order valence-corrected chi connectivity index (χ1v) is 20.8. The second-order valence-corrected chi connectivity index (χ2v) is 16.0. The van der Waals surface area contributed by atoms with E-state index in [1.165, 1.54) is 21.5 Å². The molecular weight excluding hydrogens is 763 g/mol. The average Bonchev–Trinajstić information content (AvgIpc) is 4.08. The maximum absolute atomic E-state index is 6.83. The number of furan rings is 2. The van der Waals surface area contributed by atoms with E-state index in [0.29, 0.717) is 23.2 Å². The summed E-state index contributed by atoms with van der Waals surface area (Å²) < 4.78 is 18.0. The molecule has 288 valence electrons. The van der Waals surface area contributed by atoms with Crippen molar-refractivity contribution in [2.24, 2.45) is 0 Å². The lowest BCUT2D eigenvalue weighted by atomic mass is 10.1. The molecule has 0 unspecified atom stereocenters. The van der Waals surface area contributed by atoms with Crippen LogP contribution < -0.4 is 0 Å². The lowest BCUT2D eigenvalue weighted by Crippen LogP contribution is -2.07. The molecule has 0 aliphatic heterocycles. The molecule has 0 radical (unpaired) electrons. The topological polar surface area (TPSA) is 74.8 Å². The summed E-state index contributed by atoms with van der Waals surface area (Å²) >= 11 is 0. The minimum absolute atomic E-state index is 0.483. The number of benzene rings is 9. The van der Waals surface area contributed by atoms with Crippen LogP contribution in [0, 0.1) is 0 Å². The van der Waals surface area contributed by atoms with Crippen LogP contribution in [0.1, 0.15) is 0 Å². The van der Waals surface area contributed by atoms with E-state index in [4.69, 9.17) is 23.8 Å². The van der Waals surface area contributed by atoms with Crippen LogP contribution in [-0.2, 0) is 0 Å². The van der Waals surface area contributed by atoms with Crippen molar-refractivity contribution in [3.63, 3.8) is 0 Å². The Hall–Kier alpha value is -8.55. The van der Waals surface area contributed by atoms with Gasteiger partial charge in [-0.05, 0) is 71.4 Å². The van der Waals surface area contributed by atoms with Gasteiger partial charge in [-0.3, -0.25) is 4.57 Å². The number of fused-ring (bicyclic) bond motifs is 13. The highest BCUT2D eigenvalue weighted by Crippen LogP contribution is 2.42. The summed E-state index contributed by atoms with van der Waals surface area (Å²) in [6.07, 6.45) is 0. The Balaban J connectivity index is 1.12. The van der Waals surface area contributed by atoms with E-state index in [0.717, 1.165) is 87.9 Å². The third-order valence-corrected chi connectivity index (χ3v) is 12.6. The largest absolute Gasteiger partial charge is 0.455 e. The van der Waals surface area contributed by atoms with Gasteiger partial charge in [-0.1, -0.05) is 127 Å². The lowest BCUT2D eigenvalue weighted by molar-refractivity contribution is 0.669. The van der Waals surface area contributed by atoms with Gasteiger partial charge in [0.2, 0.25) is 5.95 Å². The molecule has 14 rings (SSSR count). The van der Waals surface area contributed by atoms with E-state index >= 15 is 0 Å². The van der Waals surface area contributed by atoms with Crippen molar-refractivity contribution in [2.75, 3.05) is 0 Å². The standard InChI is InChI=1S/C55H31N5O2/c1-2-15-33-29-48-42(28-32(33)14-1)37-18-5-8-23-45(37)59(48)34-30-43-39-20-7-12-27-50(39)62-52(43)44(31-34)54-56-53(41-22-13-21-40-38-19-6-11-26-49(38)61-51(40)41)57-55(58-54)60-46-24-9-3-16-35(46)36-17-4-10-25-47(36)60/h1-31H. The van der Waals surface area contributed by atoms with Gasteiger partial charge >= 0.3 is 0 Å². The zero-order valence-corrected chi connectivity index (χ0v) is 33.0. The summed E-state index contributed by atoms with van der Waals surface area (Å²) in [6.45, 7) is 0. The highest BCUT2D eigenvalue weighted by atomic mass is 16.3. The SMILES string of the molecule is c1ccc2cc3c(cc2c1)c1ccccc1n3-c1cc(-c2nc(-c3cccc4c3oc3ccccc34)nc(-n3c4ccccc4c4ccccc43)n2)c2oc3ccccc3c2c1. The van der Waals surface area contributed by atoms with Gasteiger partial charge in [-0.2, -0.15) is 9.97 Å². The highest BCUT2D eigenvalue weighted by molar-refractivity contribution is 6.16. The maximum Gasteiger partial charge on any atom is 0.238 e. The molecule has 7 heteroatoms. The zero-order chi connectivity index (χ0) is 40.5. The van der Waals surface area contributed by atoms with Gasteiger partial charge in [0, 0.05) is 48.8 Å². The number of para-hydroxylation sites is 6. The Morgan fingerprint density at radius 1 is 0.323 bits per heavy atom. The van der Waals surface area contributed by atoms with Crippen LogP contribution in [0.2, 0.25) is 0 Å². The molecule has 5 heterocycles. The first-order chi connectivity index (χ1) is 30.7. The van der Waals surface area contributed by atoms with E-state index in [2.05, 4.69) is 155 Å². The van der Waals surface area contributed by atoms with Crippen molar-refractivity contribution >= 4 is 98.3 Å². The average molecular weight is 794 g/mol. The third kappa shape index (κ3) is 4.67. The van der Waals surface area contributed by atoms with Crippen LogP contribution in [0.3, 0.4) is 0 Å². The molecule has 0 N–H and O–H groups in total. The molecule has 0 fully saturated rings. The first kappa shape index (κ1) is 33.3. The van der Waals surface area contributed by atoms with Crippen LogP contribution in [0.5, 0.6) is 0 Å². The molecule has 7 nitrogen and oxygen atoms in total. The Labute approximate surface area is 352 Å². The van der Waals surface area contributed by atoms with Crippen molar-refractivity contribution < 1.29 is 8.83 Å². The van der Waals surface area contributed by atoms with Crippen LogP contribution in [0.15, 0.2) is 197 Å². The minimum Gasteiger partial charge on any atom is -0.455 e. The van der Waals surface area contributed by atoms with E-state index in [1.54, 1.807) is 0 Å². The molecule has 0 amide bonds. The smallest absolute Gasteiger partial charge is 0.238 e. The van der Waals surface area contributed by atoms with E-state index in [-0.39, 0.29) is 0 Å². The monoisotopic (exact) mass is 793 g/mol. The van der Waals surface area contributed by atoms with Gasteiger partial charge in [-0.25, -0.2) is 4.98 Å². The summed E-state index contributed by atoms with van der Waals surface area (Å²) in [5, 5.41) is 11.0. The Bertz CT molecular complexity index is 4130. The molecular formula is C55H31N5O2. The number of hydrogen-bond donors (Lipinski definition) is 0. The fourth-order valence-corrected chi connectivity index (χ4v) is 9.81. The van der Waals surface area contributed by atoms with E-state index in [1.807, 2.05) is 42.5 Å². The maximum atomic E-state index is 6.83. The van der Waals surface area contributed by atoms with Gasteiger partial charge in [0.05, 0.1) is 33.2 Å². The predicted molar refractivity (Wildman–Crippen MR) is 251 cm³/mol.